The molecule has 0 bridgehead atoms. The van der Waals surface area contributed by atoms with Gasteiger partial charge < -0.3 is 13.7 Å². The molecule has 1 aromatic carbocycles. The molecular weight excluding hydrogens is 330 g/mol. The van der Waals surface area contributed by atoms with Gasteiger partial charge in [0.25, 0.3) is 0 Å². The van der Waals surface area contributed by atoms with Crippen molar-refractivity contribution in [1.29, 1.82) is 5.26 Å². The summed E-state index contributed by atoms with van der Waals surface area (Å²) >= 11 is 0. The molecule has 0 spiro atoms. The SMILES string of the molecule is N#CCCN(Cc1ccco1)C(=O)CCc1ncc(-c2ccccc2)o1. The van der Waals surface area contributed by atoms with E-state index in [0.29, 0.717) is 36.9 Å². The number of aromatic nitrogens is 1. The Labute approximate surface area is 151 Å². The normalized spacial score (nSPS) is 10.4. The van der Waals surface area contributed by atoms with Crippen LogP contribution in [0.2, 0.25) is 0 Å². The smallest absolute Gasteiger partial charge is 0.223 e. The maximum absolute atomic E-state index is 12.5. The first kappa shape index (κ1) is 17.5. The fraction of sp³-hybridized carbons (Fsp3) is 0.250. The van der Waals surface area contributed by atoms with Crippen LogP contribution in [-0.4, -0.2) is 22.3 Å². The Morgan fingerprint density at radius 3 is 2.77 bits per heavy atom. The zero-order valence-electron chi connectivity index (χ0n) is 14.3. The Hall–Kier alpha value is -3.33. The predicted octanol–water partition coefficient (Wildman–Crippen LogP) is 3.81. The molecule has 2 heterocycles. The van der Waals surface area contributed by atoms with E-state index >= 15 is 0 Å². The molecule has 2 aromatic heterocycles. The second-order valence-electron chi connectivity index (χ2n) is 5.79. The molecule has 0 radical (unpaired) electrons. The third-order valence-electron chi connectivity index (χ3n) is 3.94. The van der Waals surface area contributed by atoms with Gasteiger partial charge in [0.15, 0.2) is 11.7 Å². The van der Waals surface area contributed by atoms with Crippen LogP contribution >= 0.6 is 0 Å². The lowest BCUT2D eigenvalue weighted by molar-refractivity contribution is -0.132. The summed E-state index contributed by atoms with van der Waals surface area (Å²) in [5, 5.41) is 8.81. The van der Waals surface area contributed by atoms with Crippen molar-refractivity contribution in [3.8, 4) is 17.4 Å². The van der Waals surface area contributed by atoms with Crippen LogP contribution in [0.3, 0.4) is 0 Å². The minimum atomic E-state index is -0.0592. The first-order valence-corrected chi connectivity index (χ1v) is 8.43. The van der Waals surface area contributed by atoms with Crippen LogP contribution in [0.5, 0.6) is 0 Å². The number of rotatable bonds is 8. The number of oxazole rings is 1. The van der Waals surface area contributed by atoms with Crippen molar-refractivity contribution >= 4 is 5.91 Å². The first-order chi connectivity index (χ1) is 12.8. The Balaban J connectivity index is 1.59. The summed E-state index contributed by atoms with van der Waals surface area (Å²) < 4.78 is 11.0. The molecule has 1 amide bonds. The number of amides is 1. The molecule has 26 heavy (non-hydrogen) atoms. The van der Waals surface area contributed by atoms with Crippen LogP contribution in [0.25, 0.3) is 11.3 Å². The minimum absolute atomic E-state index is 0.0592. The number of hydrogen-bond acceptors (Lipinski definition) is 5. The lowest BCUT2D eigenvalue weighted by Gasteiger charge is -2.20. The summed E-state index contributed by atoms with van der Waals surface area (Å²) in [6.45, 7) is 0.727. The molecule has 0 aliphatic carbocycles. The maximum Gasteiger partial charge on any atom is 0.223 e. The van der Waals surface area contributed by atoms with Gasteiger partial charge in [-0.1, -0.05) is 30.3 Å². The predicted molar refractivity (Wildman–Crippen MR) is 94.6 cm³/mol. The maximum atomic E-state index is 12.5. The molecule has 0 aliphatic heterocycles. The monoisotopic (exact) mass is 349 g/mol. The first-order valence-electron chi connectivity index (χ1n) is 8.43. The Kier molecular flexibility index (Phi) is 5.84. The molecule has 6 heteroatoms. The van der Waals surface area contributed by atoms with E-state index in [9.17, 15) is 4.79 Å². The van der Waals surface area contributed by atoms with Gasteiger partial charge in [-0.15, -0.1) is 0 Å². The van der Waals surface area contributed by atoms with Crippen LogP contribution in [0.15, 0.2) is 63.8 Å². The largest absolute Gasteiger partial charge is 0.467 e. The van der Waals surface area contributed by atoms with E-state index < -0.39 is 0 Å². The van der Waals surface area contributed by atoms with Crippen molar-refractivity contribution in [2.75, 3.05) is 6.54 Å². The number of benzene rings is 1. The molecular formula is C20H19N3O3. The number of nitriles is 1. The highest BCUT2D eigenvalue weighted by atomic mass is 16.4. The Morgan fingerprint density at radius 1 is 1.19 bits per heavy atom. The molecule has 0 aliphatic rings. The molecule has 0 atom stereocenters. The summed E-state index contributed by atoms with van der Waals surface area (Å²) in [4.78, 5) is 18.4. The number of nitrogens with zero attached hydrogens (tertiary/aromatic N) is 3. The van der Waals surface area contributed by atoms with Gasteiger partial charge in [-0.2, -0.15) is 5.26 Å². The topological polar surface area (TPSA) is 83.3 Å². The lowest BCUT2D eigenvalue weighted by Crippen LogP contribution is -2.31. The summed E-state index contributed by atoms with van der Waals surface area (Å²) in [6.07, 6.45) is 4.20. The van der Waals surface area contributed by atoms with Crippen LogP contribution in [0.4, 0.5) is 0 Å². The van der Waals surface area contributed by atoms with E-state index in [1.54, 1.807) is 23.4 Å². The van der Waals surface area contributed by atoms with Gasteiger partial charge in [-0.3, -0.25) is 4.79 Å². The van der Waals surface area contributed by atoms with E-state index in [1.807, 2.05) is 36.4 Å². The van der Waals surface area contributed by atoms with Gasteiger partial charge in [-0.25, -0.2) is 4.98 Å². The number of hydrogen-bond donors (Lipinski definition) is 0. The van der Waals surface area contributed by atoms with E-state index in [0.717, 1.165) is 5.56 Å². The van der Waals surface area contributed by atoms with Gasteiger partial charge in [-0.05, 0) is 12.1 Å². The van der Waals surface area contributed by atoms with Crippen molar-refractivity contribution < 1.29 is 13.6 Å². The molecule has 3 aromatic rings. The zero-order chi connectivity index (χ0) is 18.2. The highest BCUT2D eigenvalue weighted by Crippen LogP contribution is 2.20. The van der Waals surface area contributed by atoms with Crippen molar-refractivity contribution in [3.63, 3.8) is 0 Å². The quantitative estimate of drug-likeness (QED) is 0.617. The summed E-state index contributed by atoms with van der Waals surface area (Å²) in [6, 6.07) is 15.4. The van der Waals surface area contributed by atoms with Crippen LogP contribution < -0.4 is 0 Å². The Bertz CT molecular complexity index is 863. The number of furan rings is 1. The summed E-state index contributed by atoms with van der Waals surface area (Å²) in [7, 11) is 0. The molecule has 3 rings (SSSR count). The average molecular weight is 349 g/mol. The zero-order valence-corrected chi connectivity index (χ0v) is 14.3. The van der Waals surface area contributed by atoms with Gasteiger partial charge in [0.05, 0.1) is 31.5 Å². The van der Waals surface area contributed by atoms with Gasteiger partial charge in [0, 0.05) is 24.9 Å². The van der Waals surface area contributed by atoms with Crippen molar-refractivity contribution in [2.24, 2.45) is 0 Å². The van der Waals surface area contributed by atoms with E-state index in [-0.39, 0.29) is 18.7 Å². The molecule has 0 saturated carbocycles. The van der Waals surface area contributed by atoms with Crippen LogP contribution in [0.1, 0.15) is 24.5 Å². The highest BCUT2D eigenvalue weighted by Gasteiger charge is 2.16. The lowest BCUT2D eigenvalue weighted by atomic mass is 10.2. The molecule has 0 saturated heterocycles. The van der Waals surface area contributed by atoms with Crippen LogP contribution in [-0.2, 0) is 17.8 Å². The highest BCUT2D eigenvalue weighted by molar-refractivity contribution is 5.76. The standard InChI is InChI=1S/C20H19N3O3/c21-11-5-12-23(15-17-8-4-13-25-17)20(24)10-9-19-22-14-18(26-19)16-6-2-1-3-7-16/h1-4,6-8,13-14H,5,9-10,12,15H2. The molecule has 132 valence electrons. The van der Waals surface area contributed by atoms with E-state index in [1.165, 1.54) is 0 Å². The average Bonchev–Trinajstić information content (AvgIpc) is 3.36. The second kappa shape index (κ2) is 8.67. The Morgan fingerprint density at radius 2 is 2.04 bits per heavy atom. The number of carbonyl (C=O) groups excluding carboxylic acids is 1. The fourth-order valence-corrected chi connectivity index (χ4v) is 2.60. The summed E-state index contributed by atoms with van der Waals surface area (Å²) in [5.74, 6) is 1.84. The van der Waals surface area contributed by atoms with E-state index in [2.05, 4.69) is 11.1 Å². The molecule has 0 N–H and O–H groups in total. The third kappa shape index (κ3) is 4.61. The third-order valence-corrected chi connectivity index (χ3v) is 3.94. The van der Waals surface area contributed by atoms with Crippen molar-refractivity contribution in [3.05, 3.63) is 66.6 Å². The second-order valence-corrected chi connectivity index (χ2v) is 5.79. The molecule has 0 unspecified atom stereocenters. The fourth-order valence-electron chi connectivity index (χ4n) is 2.60. The van der Waals surface area contributed by atoms with Gasteiger partial charge in [0.1, 0.15) is 5.76 Å². The van der Waals surface area contributed by atoms with Crippen molar-refractivity contribution in [1.82, 2.24) is 9.88 Å². The minimum Gasteiger partial charge on any atom is -0.467 e. The number of aryl methyl sites for hydroxylation is 1. The summed E-state index contributed by atoms with van der Waals surface area (Å²) in [5.41, 5.74) is 0.950. The van der Waals surface area contributed by atoms with Gasteiger partial charge in [0.2, 0.25) is 5.91 Å². The molecule has 6 nitrogen and oxygen atoms in total. The molecule has 0 fully saturated rings. The van der Waals surface area contributed by atoms with Gasteiger partial charge >= 0.3 is 0 Å². The van der Waals surface area contributed by atoms with Crippen molar-refractivity contribution in [2.45, 2.75) is 25.8 Å². The van der Waals surface area contributed by atoms with E-state index in [4.69, 9.17) is 14.1 Å². The van der Waals surface area contributed by atoms with Crippen LogP contribution in [0, 0.1) is 11.3 Å². The number of carbonyl (C=O) groups is 1.